The molecule has 3 heterocycles. The van der Waals surface area contributed by atoms with Gasteiger partial charge in [0.05, 0.1) is 12.0 Å². The number of likely N-dealkylation sites (N-methyl/N-ethyl adjacent to an activating group) is 1. The second-order valence-electron chi connectivity index (χ2n) is 9.24. The molecule has 0 saturated carbocycles. The highest BCUT2D eigenvalue weighted by Gasteiger charge is 2.27. The van der Waals surface area contributed by atoms with E-state index >= 15 is 0 Å². The van der Waals surface area contributed by atoms with Crippen LogP contribution in [0.25, 0.3) is 21.3 Å². The molecule has 0 radical (unpaired) electrons. The minimum Gasteiger partial charge on any atom is -0.393 e. The molecular formula is C28H29N5O4S. The summed E-state index contributed by atoms with van der Waals surface area (Å²) in [5, 5.41) is 19.9. The predicted octanol–water partition coefficient (Wildman–Crippen LogP) is 2.95. The number of aryl methyl sites for hydroxylation is 1. The van der Waals surface area contributed by atoms with Crippen LogP contribution in [0, 0.1) is 6.92 Å². The Morgan fingerprint density at radius 3 is 2.32 bits per heavy atom. The number of aliphatic hydroxyl groups excluding tert-OH is 2. The maximum absolute atomic E-state index is 13.2. The standard InChI is InChI=1S/C28H29N5O4S/c1-18-16-22-24(29-28(30-25(22)38-18)31(2)27(37)23(35)17-34)32-12-14-33(15-13-32)26(36)21-10-8-20(9-11-21)19-6-4-3-5-7-19/h3-11,16,23,34-35H,12-15,17H2,1-2H3/t23-/m1/s1. The first-order valence-corrected chi connectivity index (χ1v) is 13.2. The SMILES string of the molecule is Cc1cc2c(N3CCN(C(=O)c4ccc(-c5ccccc5)cc4)CC3)nc(N(C)C(=O)[C@H](O)CO)nc2s1. The van der Waals surface area contributed by atoms with Gasteiger partial charge in [-0.05, 0) is 36.2 Å². The third kappa shape index (κ3) is 5.10. The molecular weight excluding hydrogens is 502 g/mol. The molecule has 1 fully saturated rings. The van der Waals surface area contributed by atoms with E-state index in [-0.39, 0.29) is 11.9 Å². The number of hydrogen-bond donors (Lipinski definition) is 2. The van der Waals surface area contributed by atoms with Gasteiger partial charge in [-0.15, -0.1) is 11.3 Å². The van der Waals surface area contributed by atoms with Crippen molar-refractivity contribution >= 4 is 45.1 Å². The summed E-state index contributed by atoms with van der Waals surface area (Å²) < 4.78 is 0. The first kappa shape index (κ1) is 25.8. The Kier molecular flexibility index (Phi) is 7.37. The Morgan fingerprint density at radius 2 is 1.66 bits per heavy atom. The zero-order valence-electron chi connectivity index (χ0n) is 21.2. The summed E-state index contributed by atoms with van der Waals surface area (Å²) in [6.07, 6.45) is -1.54. The van der Waals surface area contributed by atoms with Gasteiger partial charge in [-0.25, -0.2) is 4.98 Å². The van der Waals surface area contributed by atoms with Crippen molar-refractivity contribution in [2.45, 2.75) is 13.0 Å². The molecule has 2 aromatic carbocycles. The molecule has 38 heavy (non-hydrogen) atoms. The van der Waals surface area contributed by atoms with Crippen molar-refractivity contribution < 1.29 is 19.8 Å². The lowest BCUT2D eigenvalue weighted by Gasteiger charge is -2.36. The van der Waals surface area contributed by atoms with Crippen molar-refractivity contribution in [2.24, 2.45) is 0 Å². The molecule has 10 heteroatoms. The summed E-state index contributed by atoms with van der Waals surface area (Å²) in [4.78, 5) is 41.8. The van der Waals surface area contributed by atoms with E-state index in [1.807, 2.05) is 72.5 Å². The van der Waals surface area contributed by atoms with Crippen LogP contribution < -0.4 is 9.80 Å². The molecule has 4 aromatic rings. The number of amides is 2. The number of aromatic nitrogens is 2. The van der Waals surface area contributed by atoms with Gasteiger partial charge in [0.1, 0.15) is 10.6 Å². The molecule has 0 unspecified atom stereocenters. The highest BCUT2D eigenvalue weighted by molar-refractivity contribution is 7.18. The average Bonchev–Trinajstić information content (AvgIpc) is 3.35. The summed E-state index contributed by atoms with van der Waals surface area (Å²) in [5.41, 5.74) is 2.83. The zero-order valence-corrected chi connectivity index (χ0v) is 22.1. The average molecular weight is 532 g/mol. The van der Waals surface area contributed by atoms with Gasteiger partial charge in [-0.1, -0.05) is 42.5 Å². The largest absolute Gasteiger partial charge is 0.393 e. The Bertz CT molecular complexity index is 1450. The van der Waals surface area contributed by atoms with E-state index in [9.17, 15) is 19.8 Å². The van der Waals surface area contributed by atoms with Crippen molar-refractivity contribution in [1.82, 2.24) is 14.9 Å². The van der Waals surface area contributed by atoms with Crippen LogP contribution in [0.5, 0.6) is 0 Å². The summed E-state index contributed by atoms with van der Waals surface area (Å²) in [5.74, 6) is 0.155. The molecule has 1 saturated heterocycles. The van der Waals surface area contributed by atoms with E-state index in [0.717, 1.165) is 31.1 Å². The van der Waals surface area contributed by atoms with Gasteiger partial charge >= 0.3 is 0 Å². The Labute approximate surface area is 224 Å². The first-order valence-electron chi connectivity index (χ1n) is 12.4. The van der Waals surface area contributed by atoms with Crippen LogP contribution in [0.3, 0.4) is 0 Å². The lowest BCUT2D eigenvalue weighted by Crippen LogP contribution is -2.49. The van der Waals surface area contributed by atoms with Gasteiger partial charge in [-0.2, -0.15) is 4.98 Å². The van der Waals surface area contributed by atoms with Gasteiger partial charge in [0.2, 0.25) is 5.95 Å². The number of anilines is 2. The number of piperazine rings is 1. The second kappa shape index (κ2) is 10.9. The van der Waals surface area contributed by atoms with E-state index < -0.39 is 18.6 Å². The molecule has 1 atom stereocenters. The van der Waals surface area contributed by atoms with Crippen LogP contribution in [0.4, 0.5) is 11.8 Å². The minimum absolute atomic E-state index is 0.00696. The number of rotatable bonds is 6. The maximum atomic E-state index is 13.2. The summed E-state index contributed by atoms with van der Waals surface area (Å²) in [6, 6.07) is 19.8. The highest BCUT2D eigenvalue weighted by Crippen LogP contribution is 2.33. The number of aliphatic hydroxyl groups is 2. The van der Waals surface area contributed by atoms with Crippen molar-refractivity contribution in [1.29, 1.82) is 0 Å². The number of thiophene rings is 1. The predicted molar refractivity (Wildman–Crippen MR) is 149 cm³/mol. The molecule has 2 aromatic heterocycles. The van der Waals surface area contributed by atoms with Gasteiger partial charge in [0.15, 0.2) is 6.10 Å². The fourth-order valence-electron chi connectivity index (χ4n) is 4.55. The van der Waals surface area contributed by atoms with Crippen LogP contribution >= 0.6 is 11.3 Å². The van der Waals surface area contributed by atoms with Crippen molar-refractivity contribution in [2.75, 3.05) is 49.6 Å². The van der Waals surface area contributed by atoms with Crippen LogP contribution in [0.2, 0.25) is 0 Å². The van der Waals surface area contributed by atoms with Gasteiger partial charge in [0, 0.05) is 43.7 Å². The van der Waals surface area contributed by atoms with E-state index in [1.54, 1.807) is 0 Å². The first-order chi connectivity index (χ1) is 18.4. The molecule has 196 valence electrons. The van der Waals surface area contributed by atoms with E-state index in [1.165, 1.54) is 18.4 Å². The third-order valence-corrected chi connectivity index (χ3v) is 7.62. The monoisotopic (exact) mass is 531 g/mol. The summed E-state index contributed by atoms with van der Waals surface area (Å²) >= 11 is 1.50. The summed E-state index contributed by atoms with van der Waals surface area (Å²) in [6.45, 7) is 3.51. The maximum Gasteiger partial charge on any atom is 0.260 e. The van der Waals surface area contributed by atoms with Crippen LogP contribution in [-0.4, -0.2) is 82.8 Å². The van der Waals surface area contributed by atoms with E-state index in [4.69, 9.17) is 0 Å². The second-order valence-corrected chi connectivity index (χ2v) is 10.5. The lowest BCUT2D eigenvalue weighted by atomic mass is 10.0. The molecule has 9 nitrogen and oxygen atoms in total. The molecule has 2 N–H and O–H groups in total. The van der Waals surface area contributed by atoms with E-state index in [0.29, 0.717) is 37.6 Å². The normalized spacial score (nSPS) is 14.5. The smallest absolute Gasteiger partial charge is 0.260 e. The molecule has 0 bridgehead atoms. The molecule has 1 aliphatic heterocycles. The molecule has 0 aliphatic carbocycles. The molecule has 2 amide bonds. The number of hydrogen-bond acceptors (Lipinski definition) is 8. The number of carbonyl (C=O) groups excluding carboxylic acids is 2. The quantitative estimate of drug-likeness (QED) is 0.394. The number of benzene rings is 2. The number of carbonyl (C=O) groups is 2. The zero-order chi connectivity index (χ0) is 26.8. The van der Waals surface area contributed by atoms with Crippen LogP contribution in [0.1, 0.15) is 15.2 Å². The Hall–Kier alpha value is -3.86. The van der Waals surface area contributed by atoms with Gasteiger partial charge < -0.3 is 20.0 Å². The molecule has 1 aliphatic rings. The van der Waals surface area contributed by atoms with E-state index in [2.05, 4.69) is 14.9 Å². The van der Waals surface area contributed by atoms with Crippen molar-refractivity contribution in [3.63, 3.8) is 0 Å². The van der Waals surface area contributed by atoms with Gasteiger partial charge in [-0.3, -0.25) is 14.5 Å². The molecule has 0 spiro atoms. The van der Waals surface area contributed by atoms with Crippen molar-refractivity contribution in [3.8, 4) is 11.1 Å². The third-order valence-electron chi connectivity index (χ3n) is 6.68. The fraction of sp³-hybridized carbons (Fsp3) is 0.286. The number of fused-ring (bicyclic) bond motifs is 1. The molecule has 5 rings (SSSR count). The minimum atomic E-state index is -1.54. The van der Waals surface area contributed by atoms with Gasteiger partial charge in [0.25, 0.3) is 11.8 Å². The Morgan fingerprint density at radius 1 is 1.00 bits per heavy atom. The summed E-state index contributed by atoms with van der Waals surface area (Å²) in [7, 11) is 1.48. The van der Waals surface area contributed by atoms with Crippen molar-refractivity contribution in [3.05, 3.63) is 71.1 Å². The fourth-order valence-corrected chi connectivity index (χ4v) is 5.42. The van der Waals surface area contributed by atoms with Crippen LogP contribution in [0.15, 0.2) is 60.7 Å². The number of nitrogens with zero attached hydrogens (tertiary/aromatic N) is 5. The lowest BCUT2D eigenvalue weighted by molar-refractivity contribution is -0.128. The highest BCUT2D eigenvalue weighted by atomic mass is 32.1. The Balaban J connectivity index is 1.32. The topological polar surface area (TPSA) is 110 Å². The van der Waals surface area contributed by atoms with Crippen LogP contribution in [-0.2, 0) is 4.79 Å².